The van der Waals surface area contributed by atoms with Gasteiger partial charge in [0.05, 0.1) is 18.8 Å². The largest absolute Gasteiger partial charge is 0.494 e. The first-order valence-electron chi connectivity index (χ1n) is 12.6. The van der Waals surface area contributed by atoms with Crippen molar-refractivity contribution >= 4 is 23.8 Å². The molecule has 0 saturated heterocycles. The fourth-order valence-electron chi connectivity index (χ4n) is 3.41. The van der Waals surface area contributed by atoms with E-state index in [4.69, 9.17) is 14.2 Å². The van der Waals surface area contributed by atoms with E-state index in [2.05, 4.69) is 6.58 Å². The van der Waals surface area contributed by atoms with E-state index < -0.39 is 5.97 Å². The van der Waals surface area contributed by atoms with Gasteiger partial charge in [0, 0.05) is 11.1 Å². The molecule has 0 N–H and O–H groups in total. The fraction of sp³-hybridized carbons (Fsp3) is 0.219. The van der Waals surface area contributed by atoms with Crippen molar-refractivity contribution in [3.63, 3.8) is 0 Å². The van der Waals surface area contributed by atoms with Crippen molar-refractivity contribution in [2.75, 3.05) is 13.2 Å². The van der Waals surface area contributed by atoms with E-state index in [0.29, 0.717) is 41.4 Å². The summed E-state index contributed by atoms with van der Waals surface area (Å²) in [6, 6.07) is 22.8. The van der Waals surface area contributed by atoms with Gasteiger partial charge in [-0.2, -0.15) is 0 Å². The number of hydrogen-bond acceptors (Lipinski definition) is 6. The summed E-state index contributed by atoms with van der Waals surface area (Å²) in [6.07, 6.45) is 6.84. The minimum absolute atomic E-state index is 0.0765. The molecule has 0 aromatic heterocycles. The van der Waals surface area contributed by atoms with E-state index in [1.807, 2.05) is 18.2 Å². The van der Waals surface area contributed by atoms with Gasteiger partial charge in [-0.1, -0.05) is 55.1 Å². The molecule has 0 aliphatic carbocycles. The Bertz CT molecular complexity index is 1240. The minimum Gasteiger partial charge on any atom is -0.494 e. The molecule has 0 bridgehead atoms. The zero-order chi connectivity index (χ0) is 27.2. The van der Waals surface area contributed by atoms with Gasteiger partial charge in [-0.25, -0.2) is 9.59 Å². The molecule has 0 saturated carbocycles. The van der Waals surface area contributed by atoms with Crippen molar-refractivity contribution in [2.24, 2.45) is 0 Å². The zero-order valence-electron chi connectivity index (χ0n) is 21.6. The van der Waals surface area contributed by atoms with E-state index in [1.54, 1.807) is 73.7 Å². The van der Waals surface area contributed by atoms with Crippen LogP contribution in [0.25, 0.3) is 6.08 Å². The number of hydrogen-bond donors (Lipinski definition) is 0. The van der Waals surface area contributed by atoms with Crippen LogP contribution in [0.1, 0.15) is 58.9 Å². The molecule has 3 rings (SSSR count). The lowest BCUT2D eigenvalue weighted by molar-refractivity contribution is -0.139. The monoisotopic (exact) mass is 512 g/mol. The van der Waals surface area contributed by atoms with Crippen molar-refractivity contribution in [1.82, 2.24) is 0 Å². The fourth-order valence-corrected chi connectivity index (χ4v) is 3.41. The molecular formula is C32H32O6. The average molecular weight is 513 g/mol. The number of rotatable bonds is 14. The highest BCUT2D eigenvalue weighted by atomic mass is 16.5. The number of carbonyl (C=O) groups excluding carboxylic acids is 3. The average Bonchev–Trinajstić information content (AvgIpc) is 2.94. The molecule has 0 fully saturated rings. The van der Waals surface area contributed by atoms with Gasteiger partial charge in [-0.3, -0.25) is 4.79 Å². The smallest absolute Gasteiger partial charge is 0.343 e. The summed E-state index contributed by atoms with van der Waals surface area (Å²) >= 11 is 0. The second-order valence-electron chi connectivity index (χ2n) is 8.73. The van der Waals surface area contributed by atoms with E-state index in [-0.39, 0.29) is 11.8 Å². The van der Waals surface area contributed by atoms with Crippen LogP contribution in [0, 0.1) is 0 Å². The number of ketones is 1. The van der Waals surface area contributed by atoms with Crippen LogP contribution in [-0.4, -0.2) is 30.9 Å². The number of esters is 2. The van der Waals surface area contributed by atoms with Crippen molar-refractivity contribution in [2.45, 2.75) is 32.6 Å². The molecule has 6 heteroatoms. The molecule has 0 aliphatic heterocycles. The van der Waals surface area contributed by atoms with Gasteiger partial charge in [0.2, 0.25) is 0 Å². The van der Waals surface area contributed by atoms with Crippen LogP contribution < -0.4 is 9.47 Å². The molecule has 0 spiro atoms. The van der Waals surface area contributed by atoms with Crippen molar-refractivity contribution in [3.8, 4) is 11.5 Å². The summed E-state index contributed by atoms with van der Waals surface area (Å²) in [7, 11) is 0. The second kappa shape index (κ2) is 15.0. The molecule has 3 aromatic carbocycles. The summed E-state index contributed by atoms with van der Waals surface area (Å²) in [5.74, 6) is 0.202. The highest BCUT2D eigenvalue weighted by Gasteiger charge is 2.09. The van der Waals surface area contributed by atoms with Crippen LogP contribution in [0.15, 0.2) is 97.1 Å². The van der Waals surface area contributed by atoms with Gasteiger partial charge in [0.1, 0.15) is 11.5 Å². The molecule has 0 atom stereocenters. The first kappa shape index (κ1) is 28.1. The van der Waals surface area contributed by atoms with E-state index in [1.165, 1.54) is 6.08 Å². The van der Waals surface area contributed by atoms with Gasteiger partial charge >= 0.3 is 11.9 Å². The molecule has 38 heavy (non-hydrogen) atoms. The lowest BCUT2D eigenvalue weighted by Crippen LogP contribution is -2.08. The van der Waals surface area contributed by atoms with Crippen molar-refractivity contribution < 1.29 is 28.6 Å². The number of unbranched alkanes of at least 4 members (excludes halogenated alkanes) is 3. The van der Waals surface area contributed by atoms with Gasteiger partial charge in [0.15, 0.2) is 5.78 Å². The molecule has 0 heterocycles. The Morgan fingerprint density at radius 2 is 1.37 bits per heavy atom. The molecule has 6 nitrogen and oxygen atoms in total. The van der Waals surface area contributed by atoms with Crippen LogP contribution in [-0.2, 0) is 9.53 Å². The number of allylic oxidation sites excluding steroid dienone is 1. The number of benzene rings is 3. The maximum atomic E-state index is 12.5. The Balaban J connectivity index is 1.36. The first-order valence-corrected chi connectivity index (χ1v) is 12.6. The lowest BCUT2D eigenvalue weighted by atomic mass is 10.1. The Hall–Kier alpha value is -4.45. The van der Waals surface area contributed by atoms with Crippen LogP contribution in [0.3, 0.4) is 0 Å². The van der Waals surface area contributed by atoms with Gasteiger partial charge in [-0.15, -0.1) is 0 Å². The van der Waals surface area contributed by atoms with Crippen LogP contribution >= 0.6 is 0 Å². The van der Waals surface area contributed by atoms with Crippen LogP contribution in [0.2, 0.25) is 0 Å². The quantitative estimate of drug-likeness (QED) is 0.0772. The Kier molecular flexibility index (Phi) is 11.1. The maximum absolute atomic E-state index is 12.5. The Morgan fingerprint density at radius 3 is 2.03 bits per heavy atom. The first-order chi connectivity index (χ1) is 18.4. The lowest BCUT2D eigenvalue weighted by Gasteiger charge is -2.08. The van der Waals surface area contributed by atoms with E-state index in [9.17, 15) is 14.4 Å². The molecule has 3 aromatic rings. The van der Waals surface area contributed by atoms with Gasteiger partial charge in [-0.05, 0) is 80.6 Å². The number of ether oxygens (including phenoxy) is 3. The molecular weight excluding hydrogens is 480 g/mol. The molecule has 0 radical (unpaired) electrons. The molecule has 196 valence electrons. The number of carbonyl (C=O) groups is 3. The summed E-state index contributed by atoms with van der Waals surface area (Å²) in [4.78, 5) is 36.0. The third kappa shape index (κ3) is 9.54. The summed E-state index contributed by atoms with van der Waals surface area (Å²) < 4.78 is 16.3. The SMILES string of the molecule is C=C(C)C(=O)OCCCCCCOc1ccc(C(=O)Oc2ccc(/C=C/C(=O)c3ccccc3)cc2)cc1. The summed E-state index contributed by atoms with van der Waals surface area (Å²) in [5.41, 5.74) is 2.27. The highest BCUT2D eigenvalue weighted by molar-refractivity contribution is 6.06. The van der Waals surface area contributed by atoms with Crippen LogP contribution in [0.5, 0.6) is 11.5 Å². The molecule has 0 unspecified atom stereocenters. The van der Waals surface area contributed by atoms with Crippen LogP contribution in [0.4, 0.5) is 0 Å². The zero-order valence-corrected chi connectivity index (χ0v) is 21.6. The topological polar surface area (TPSA) is 78.9 Å². The summed E-state index contributed by atoms with van der Waals surface area (Å²) in [5, 5.41) is 0. The third-order valence-corrected chi connectivity index (χ3v) is 5.56. The minimum atomic E-state index is -0.466. The standard InChI is InChI=1S/C32H32O6/c1-24(2)31(34)37-23-9-4-3-8-22-36-28-19-15-27(16-20-28)32(35)38-29-17-12-25(13-18-29)14-21-30(33)26-10-6-5-7-11-26/h5-7,10-21H,1,3-4,8-9,22-23H2,2H3/b21-14+. The predicted octanol–water partition coefficient (Wildman–Crippen LogP) is 6.86. The third-order valence-electron chi connectivity index (χ3n) is 5.56. The van der Waals surface area contributed by atoms with E-state index in [0.717, 1.165) is 31.2 Å². The molecule has 0 amide bonds. The molecule has 0 aliphatic rings. The van der Waals surface area contributed by atoms with E-state index >= 15 is 0 Å². The second-order valence-corrected chi connectivity index (χ2v) is 8.73. The predicted molar refractivity (Wildman–Crippen MR) is 147 cm³/mol. The maximum Gasteiger partial charge on any atom is 0.343 e. The van der Waals surface area contributed by atoms with Gasteiger partial charge < -0.3 is 14.2 Å². The van der Waals surface area contributed by atoms with Crippen molar-refractivity contribution in [1.29, 1.82) is 0 Å². The van der Waals surface area contributed by atoms with Crippen molar-refractivity contribution in [3.05, 3.63) is 114 Å². The highest BCUT2D eigenvalue weighted by Crippen LogP contribution is 2.18. The Labute approximate surface area is 223 Å². The van der Waals surface area contributed by atoms with Gasteiger partial charge in [0.25, 0.3) is 0 Å². The summed E-state index contributed by atoms with van der Waals surface area (Å²) in [6.45, 7) is 6.15. The normalized spacial score (nSPS) is 10.7. The Morgan fingerprint density at radius 1 is 0.737 bits per heavy atom.